The van der Waals surface area contributed by atoms with Gasteiger partial charge in [-0.15, -0.1) is 0 Å². The zero-order valence-corrected chi connectivity index (χ0v) is 14.8. The van der Waals surface area contributed by atoms with Gasteiger partial charge in [-0.3, -0.25) is 0 Å². The maximum absolute atomic E-state index is 12.3. The summed E-state index contributed by atoms with van der Waals surface area (Å²) in [4.78, 5) is 4.37. The van der Waals surface area contributed by atoms with Crippen LogP contribution in [0.4, 0.5) is 0 Å². The molecule has 0 radical (unpaired) electrons. The van der Waals surface area contributed by atoms with E-state index in [0.717, 1.165) is 25.3 Å². The molecule has 126 valence electrons. The molecule has 0 bridgehead atoms. The predicted molar refractivity (Wildman–Crippen MR) is 87.9 cm³/mol. The summed E-state index contributed by atoms with van der Waals surface area (Å²) < 4.78 is 28.3. The summed E-state index contributed by atoms with van der Waals surface area (Å²) in [6.07, 6.45) is 4.65. The number of hydrogen-bond donors (Lipinski definition) is 1. The van der Waals surface area contributed by atoms with E-state index in [-0.39, 0.29) is 5.25 Å². The molecule has 0 saturated carbocycles. The van der Waals surface area contributed by atoms with E-state index in [4.69, 9.17) is 0 Å². The lowest BCUT2D eigenvalue weighted by Gasteiger charge is -2.37. The van der Waals surface area contributed by atoms with Crippen molar-refractivity contribution in [3.8, 4) is 0 Å². The third kappa shape index (κ3) is 3.70. The molecule has 7 heteroatoms. The van der Waals surface area contributed by atoms with Crippen LogP contribution in [0.3, 0.4) is 0 Å². The normalized spacial score (nSPS) is 24.0. The monoisotopic (exact) mass is 328 g/mol. The van der Waals surface area contributed by atoms with Crippen molar-refractivity contribution in [2.45, 2.75) is 58.5 Å². The van der Waals surface area contributed by atoms with Gasteiger partial charge in [-0.1, -0.05) is 6.92 Å². The topological polar surface area (TPSA) is 67.2 Å². The first-order valence-electron chi connectivity index (χ1n) is 8.08. The fourth-order valence-corrected chi connectivity index (χ4v) is 4.36. The Hall–Kier alpha value is -0.920. The van der Waals surface area contributed by atoms with Gasteiger partial charge in [0.15, 0.2) is 0 Å². The number of imidazole rings is 1. The van der Waals surface area contributed by atoms with Gasteiger partial charge in [-0.2, -0.15) is 0 Å². The fraction of sp³-hybridized carbons (Fsp3) is 0.800. The van der Waals surface area contributed by atoms with Crippen molar-refractivity contribution in [1.82, 2.24) is 19.2 Å². The third-order valence-corrected chi connectivity index (χ3v) is 6.73. The van der Waals surface area contributed by atoms with E-state index < -0.39 is 10.0 Å². The van der Waals surface area contributed by atoms with Crippen LogP contribution in [-0.2, 0) is 23.1 Å². The molecule has 0 aliphatic carbocycles. The van der Waals surface area contributed by atoms with E-state index in [1.165, 1.54) is 0 Å². The number of aromatic nitrogens is 2. The summed E-state index contributed by atoms with van der Waals surface area (Å²) in [6.45, 7) is 10.6. The lowest BCUT2D eigenvalue weighted by Crippen LogP contribution is -2.51. The van der Waals surface area contributed by atoms with E-state index in [0.29, 0.717) is 25.0 Å². The molecule has 2 rings (SSSR count). The summed E-state index contributed by atoms with van der Waals surface area (Å²) in [6, 6.07) is 0.334. The molecular weight excluding hydrogens is 300 g/mol. The van der Waals surface area contributed by atoms with E-state index in [2.05, 4.69) is 28.7 Å². The number of sulfonamides is 1. The Morgan fingerprint density at radius 1 is 1.45 bits per heavy atom. The van der Waals surface area contributed by atoms with Gasteiger partial charge in [-0.25, -0.2) is 17.7 Å². The number of piperidine rings is 1. The molecule has 6 nitrogen and oxygen atoms in total. The van der Waals surface area contributed by atoms with E-state index in [9.17, 15) is 8.42 Å². The average molecular weight is 328 g/mol. The van der Waals surface area contributed by atoms with Gasteiger partial charge < -0.3 is 9.88 Å². The van der Waals surface area contributed by atoms with Gasteiger partial charge in [0.05, 0.1) is 11.8 Å². The van der Waals surface area contributed by atoms with E-state index >= 15 is 0 Å². The van der Waals surface area contributed by atoms with Crippen molar-refractivity contribution in [3.05, 3.63) is 18.2 Å². The second-order valence-electron chi connectivity index (χ2n) is 6.33. The van der Waals surface area contributed by atoms with Crippen LogP contribution < -0.4 is 5.32 Å². The van der Waals surface area contributed by atoms with Crippen molar-refractivity contribution in [3.63, 3.8) is 0 Å². The molecule has 1 N–H and O–H groups in total. The highest BCUT2D eigenvalue weighted by molar-refractivity contribution is 7.89. The predicted octanol–water partition coefficient (Wildman–Crippen LogP) is 1.44. The standard InChI is InChI=1S/C15H28N4O2S/c1-5-18-9-7-16-15(18)10-17-14-6-8-19(11-13(14)4)22(20,21)12(2)3/h7,9,12-14,17H,5-6,8,10-11H2,1-4H3/t13-,14+/m1/s1. The van der Waals surface area contributed by atoms with Gasteiger partial charge >= 0.3 is 0 Å². The van der Waals surface area contributed by atoms with E-state index in [1.807, 2.05) is 12.4 Å². The highest BCUT2D eigenvalue weighted by Crippen LogP contribution is 2.21. The molecule has 0 amide bonds. The first-order valence-corrected chi connectivity index (χ1v) is 9.59. The zero-order valence-electron chi connectivity index (χ0n) is 14.0. The minimum absolute atomic E-state index is 0.298. The van der Waals surface area contributed by atoms with Crippen molar-refractivity contribution >= 4 is 10.0 Å². The van der Waals surface area contributed by atoms with Gasteiger partial charge in [0.1, 0.15) is 5.82 Å². The molecule has 22 heavy (non-hydrogen) atoms. The number of nitrogens with one attached hydrogen (secondary N) is 1. The molecule has 0 aromatic carbocycles. The van der Waals surface area contributed by atoms with Crippen LogP contribution in [0.2, 0.25) is 0 Å². The Bertz CT molecular complexity index is 582. The number of nitrogens with zero attached hydrogens (tertiary/aromatic N) is 3. The quantitative estimate of drug-likeness (QED) is 0.858. The maximum atomic E-state index is 12.3. The summed E-state index contributed by atoms with van der Waals surface area (Å²) in [7, 11) is -3.14. The Kier molecular flexibility index (Phi) is 5.63. The van der Waals surface area contributed by atoms with Crippen molar-refractivity contribution in [1.29, 1.82) is 0 Å². The first kappa shape index (κ1) is 17.4. The second kappa shape index (κ2) is 7.10. The molecular formula is C15H28N4O2S. The molecule has 1 aromatic heterocycles. The first-order chi connectivity index (χ1) is 10.4. The second-order valence-corrected chi connectivity index (χ2v) is 8.82. The summed E-state index contributed by atoms with van der Waals surface area (Å²) >= 11 is 0. The van der Waals surface area contributed by atoms with Crippen LogP contribution in [0.1, 0.15) is 39.9 Å². The number of aryl methyl sites for hydroxylation is 1. The SMILES string of the molecule is CCn1ccnc1CN[C@H]1CCN(S(=O)(=O)C(C)C)C[C@H]1C. The Morgan fingerprint density at radius 2 is 2.18 bits per heavy atom. The largest absolute Gasteiger partial charge is 0.334 e. The Labute approximate surface area is 134 Å². The van der Waals surface area contributed by atoms with Crippen LogP contribution in [0, 0.1) is 5.92 Å². The maximum Gasteiger partial charge on any atom is 0.216 e. The van der Waals surface area contributed by atoms with Crippen molar-refractivity contribution < 1.29 is 8.42 Å². The Balaban J connectivity index is 1.91. The van der Waals surface area contributed by atoms with Crippen molar-refractivity contribution in [2.24, 2.45) is 5.92 Å². The minimum Gasteiger partial charge on any atom is -0.334 e. The highest BCUT2D eigenvalue weighted by atomic mass is 32.2. The van der Waals surface area contributed by atoms with E-state index in [1.54, 1.807) is 18.2 Å². The molecule has 1 fully saturated rings. The molecule has 1 aromatic rings. The van der Waals surface area contributed by atoms with Crippen LogP contribution in [0.25, 0.3) is 0 Å². The third-order valence-electron chi connectivity index (χ3n) is 4.49. The van der Waals surface area contributed by atoms with Gasteiger partial charge in [0, 0.05) is 38.1 Å². The number of hydrogen-bond acceptors (Lipinski definition) is 4. The fourth-order valence-electron chi connectivity index (χ4n) is 2.96. The van der Waals surface area contributed by atoms with Gasteiger partial charge in [0.2, 0.25) is 10.0 Å². The van der Waals surface area contributed by atoms with Gasteiger partial charge in [-0.05, 0) is 33.1 Å². The zero-order chi connectivity index (χ0) is 16.3. The highest BCUT2D eigenvalue weighted by Gasteiger charge is 2.33. The minimum atomic E-state index is -3.14. The molecule has 1 aliphatic heterocycles. The molecule has 0 unspecified atom stereocenters. The summed E-state index contributed by atoms with van der Waals surface area (Å²) in [5.74, 6) is 1.33. The molecule has 1 aliphatic rings. The van der Waals surface area contributed by atoms with Crippen molar-refractivity contribution in [2.75, 3.05) is 13.1 Å². The molecule has 0 spiro atoms. The average Bonchev–Trinajstić information content (AvgIpc) is 2.93. The van der Waals surface area contributed by atoms with Gasteiger partial charge in [0.25, 0.3) is 0 Å². The van der Waals surface area contributed by atoms with Crippen LogP contribution in [0.5, 0.6) is 0 Å². The Morgan fingerprint density at radius 3 is 2.77 bits per heavy atom. The molecule has 2 atom stereocenters. The molecule has 1 saturated heterocycles. The summed E-state index contributed by atoms with van der Waals surface area (Å²) in [5.41, 5.74) is 0. The lowest BCUT2D eigenvalue weighted by atomic mass is 9.95. The smallest absolute Gasteiger partial charge is 0.216 e. The molecule has 2 heterocycles. The number of rotatable bonds is 6. The lowest BCUT2D eigenvalue weighted by molar-refractivity contribution is 0.217. The summed E-state index contributed by atoms with van der Waals surface area (Å²) in [5, 5.41) is 3.20. The van der Waals surface area contributed by atoms with Crippen LogP contribution >= 0.6 is 0 Å². The van der Waals surface area contributed by atoms with Crippen LogP contribution in [0.15, 0.2) is 12.4 Å². The van der Waals surface area contributed by atoms with Crippen LogP contribution in [-0.4, -0.2) is 46.7 Å².